The highest BCUT2D eigenvalue weighted by atomic mass is 32.1. The molecule has 3 heterocycles. The first-order valence-corrected chi connectivity index (χ1v) is 14.0. The van der Waals surface area contributed by atoms with E-state index in [2.05, 4.69) is 16.4 Å². The Hall–Kier alpha value is -2.42. The fourth-order valence-corrected chi connectivity index (χ4v) is 6.22. The fraction of sp³-hybridized carbons (Fsp3) is 0.692. The summed E-state index contributed by atoms with van der Waals surface area (Å²) >= 11 is 1.53. The van der Waals surface area contributed by atoms with Gasteiger partial charge in [0.2, 0.25) is 0 Å². The number of piperidine rings is 2. The number of rotatable bonds is 7. The Morgan fingerprint density at radius 3 is 2.69 bits per heavy atom. The first-order chi connectivity index (χ1) is 17.0. The van der Waals surface area contributed by atoms with Crippen LogP contribution in [-0.4, -0.2) is 72.0 Å². The zero-order valence-electron chi connectivity index (χ0n) is 20.8. The minimum atomic E-state index is -0.249. The Morgan fingerprint density at radius 2 is 1.94 bits per heavy atom. The maximum atomic E-state index is 13.0. The number of carbonyl (C=O) groups is 3. The normalized spacial score (nSPS) is 21.4. The van der Waals surface area contributed by atoms with Crippen molar-refractivity contribution in [1.29, 1.82) is 0 Å². The molecular formula is C26H38N4O4S. The molecule has 2 saturated heterocycles. The molecular weight excluding hydrogens is 464 g/mol. The minimum absolute atomic E-state index is 0.0242. The third-order valence-corrected chi connectivity index (χ3v) is 8.32. The Labute approximate surface area is 212 Å². The Morgan fingerprint density at radius 1 is 1.11 bits per heavy atom. The molecule has 1 atom stereocenters. The molecule has 1 aliphatic carbocycles. The molecule has 8 nitrogen and oxygen atoms in total. The summed E-state index contributed by atoms with van der Waals surface area (Å²) in [6.45, 7) is 5.31. The molecule has 1 aromatic heterocycles. The smallest absolute Gasteiger partial charge is 0.317 e. The first kappa shape index (κ1) is 25.7. The van der Waals surface area contributed by atoms with Crippen molar-refractivity contribution in [1.82, 2.24) is 20.1 Å². The van der Waals surface area contributed by atoms with Gasteiger partial charge in [0.1, 0.15) is 5.69 Å². The van der Waals surface area contributed by atoms with Gasteiger partial charge in [0.05, 0.1) is 17.5 Å². The maximum Gasteiger partial charge on any atom is 0.317 e. The van der Waals surface area contributed by atoms with Gasteiger partial charge in [-0.2, -0.15) is 0 Å². The predicted molar refractivity (Wildman–Crippen MR) is 135 cm³/mol. The van der Waals surface area contributed by atoms with Crippen LogP contribution in [0.2, 0.25) is 0 Å². The van der Waals surface area contributed by atoms with Crippen LogP contribution >= 0.6 is 11.3 Å². The molecule has 2 fully saturated rings. The highest BCUT2D eigenvalue weighted by Gasteiger charge is 2.32. The SMILES string of the molecule is CCOC(=O)C1CCCN(C(=O)c2csc(C3CCN(C(=O)NCCC4=CCCCC4)CC3)n2)C1. The average Bonchev–Trinajstić information content (AvgIpc) is 3.39. The van der Waals surface area contributed by atoms with E-state index in [0.29, 0.717) is 45.0 Å². The van der Waals surface area contributed by atoms with Crippen molar-refractivity contribution in [3.8, 4) is 0 Å². The molecule has 35 heavy (non-hydrogen) atoms. The molecule has 1 unspecified atom stereocenters. The van der Waals surface area contributed by atoms with E-state index < -0.39 is 0 Å². The molecule has 0 saturated carbocycles. The molecule has 3 amide bonds. The molecule has 0 radical (unpaired) electrons. The summed E-state index contributed by atoms with van der Waals surface area (Å²) in [5, 5.41) is 5.89. The lowest BCUT2D eigenvalue weighted by Gasteiger charge is -2.31. The summed E-state index contributed by atoms with van der Waals surface area (Å²) in [5.74, 6) is -0.301. The van der Waals surface area contributed by atoms with E-state index in [-0.39, 0.29) is 29.7 Å². The van der Waals surface area contributed by atoms with Crippen LogP contribution in [0.3, 0.4) is 0 Å². The summed E-state index contributed by atoms with van der Waals surface area (Å²) in [5.41, 5.74) is 1.94. The number of esters is 1. The number of thiazole rings is 1. The third-order valence-electron chi connectivity index (χ3n) is 7.31. The van der Waals surface area contributed by atoms with Gasteiger partial charge in [-0.15, -0.1) is 11.3 Å². The number of aromatic nitrogens is 1. The number of nitrogens with one attached hydrogen (secondary N) is 1. The largest absolute Gasteiger partial charge is 0.466 e. The van der Waals surface area contributed by atoms with Gasteiger partial charge in [-0.1, -0.05) is 11.6 Å². The Balaban J connectivity index is 1.23. The maximum absolute atomic E-state index is 13.0. The van der Waals surface area contributed by atoms with E-state index in [4.69, 9.17) is 4.74 Å². The highest BCUT2D eigenvalue weighted by Crippen LogP contribution is 2.31. The molecule has 192 valence electrons. The zero-order chi connectivity index (χ0) is 24.6. The van der Waals surface area contributed by atoms with Gasteiger partial charge in [0.25, 0.3) is 5.91 Å². The van der Waals surface area contributed by atoms with Gasteiger partial charge in [-0.3, -0.25) is 9.59 Å². The number of likely N-dealkylation sites (tertiary alicyclic amines) is 2. The van der Waals surface area contributed by atoms with Crippen molar-refractivity contribution in [3.05, 3.63) is 27.7 Å². The number of ether oxygens (including phenoxy) is 1. The number of allylic oxidation sites excluding steroid dienone is 1. The molecule has 2 aliphatic heterocycles. The van der Waals surface area contributed by atoms with Crippen LogP contribution in [0.1, 0.15) is 86.1 Å². The molecule has 0 aromatic carbocycles. The molecule has 1 aromatic rings. The highest BCUT2D eigenvalue weighted by molar-refractivity contribution is 7.09. The molecule has 3 aliphatic rings. The number of carbonyl (C=O) groups excluding carboxylic acids is 3. The fourth-order valence-electron chi connectivity index (χ4n) is 5.25. The lowest BCUT2D eigenvalue weighted by atomic mass is 9.97. The number of urea groups is 1. The van der Waals surface area contributed by atoms with Gasteiger partial charge in [-0.05, 0) is 64.7 Å². The average molecular weight is 503 g/mol. The number of hydrogen-bond donors (Lipinski definition) is 1. The quantitative estimate of drug-likeness (QED) is 0.442. The van der Waals surface area contributed by atoms with Crippen molar-refractivity contribution < 1.29 is 19.1 Å². The van der Waals surface area contributed by atoms with E-state index >= 15 is 0 Å². The number of amides is 3. The summed E-state index contributed by atoms with van der Waals surface area (Å²) < 4.78 is 5.15. The molecule has 1 N–H and O–H groups in total. The predicted octanol–water partition coefficient (Wildman–Crippen LogP) is 4.34. The second-order valence-corrected chi connectivity index (χ2v) is 10.7. The van der Waals surface area contributed by atoms with Crippen molar-refractivity contribution in [2.75, 3.05) is 39.3 Å². The standard InChI is InChI=1S/C26H38N4O4S/c1-2-34-25(32)21-9-6-14-30(17-21)24(31)22-18-35-23(28-22)20-11-15-29(16-12-20)26(33)27-13-10-19-7-4-3-5-8-19/h7,18,20-21H,2-6,8-17H2,1H3,(H,27,33). The summed E-state index contributed by atoms with van der Waals surface area (Å²) in [4.78, 5) is 46.0. The van der Waals surface area contributed by atoms with Crippen molar-refractivity contribution in [3.63, 3.8) is 0 Å². The number of hydrogen-bond acceptors (Lipinski definition) is 6. The van der Waals surface area contributed by atoms with Gasteiger partial charge in [0, 0.05) is 44.0 Å². The van der Waals surface area contributed by atoms with Gasteiger partial charge < -0.3 is 19.9 Å². The molecule has 0 spiro atoms. The summed E-state index contributed by atoms with van der Waals surface area (Å²) in [6.07, 6.45) is 11.4. The molecule has 0 bridgehead atoms. The topological polar surface area (TPSA) is 91.8 Å². The molecule has 4 rings (SSSR count). The van der Waals surface area contributed by atoms with Crippen molar-refractivity contribution >= 4 is 29.2 Å². The van der Waals surface area contributed by atoms with Gasteiger partial charge in [0.15, 0.2) is 0 Å². The Bertz CT molecular complexity index is 922. The van der Waals surface area contributed by atoms with Crippen LogP contribution in [0.5, 0.6) is 0 Å². The first-order valence-electron chi connectivity index (χ1n) is 13.2. The lowest BCUT2D eigenvalue weighted by Crippen LogP contribution is -2.44. The van der Waals surface area contributed by atoms with Crippen LogP contribution in [0.15, 0.2) is 17.0 Å². The van der Waals surface area contributed by atoms with Gasteiger partial charge >= 0.3 is 12.0 Å². The molecule has 9 heteroatoms. The van der Waals surface area contributed by atoms with Crippen LogP contribution in [-0.2, 0) is 9.53 Å². The Kier molecular flexibility index (Phi) is 9.18. The van der Waals surface area contributed by atoms with Crippen molar-refractivity contribution in [2.24, 2.45) is 5.92 Å². The van der Waals surface area contributed by atoms with E-state index in [1.165, 1.54) is 42.6 Å². The van der Waals surface area contributed by atoms with E-state index in [1.54, 1.807) is 11.8 Å². The van der Waals surface area contributed by atoms with Crippen LogP contribution < -0.4 is 5.32 Å². The van der Waals surface area contributed by atoms with E-state index in [9.17, 15) is 14.4 Å². The van der Waals surface area contributed by atoms with E-state index in [0.717, 1.165) is 37.1 Å². The third kappa shape index (κ3) is 6.84. The zero-order valence-corrected chi connectivity index (χ0v) is 21.6. The second-order valence-electron chi connectivity index (χ2n) is 9.76. The van der Waals surface area contributed by atoms with E-state index in [1.807, 2.05) is 10.3 Å². The van der Waals surface area contributed by atoms with Crippen LogP contribution in [0, 0.1) is 5.92 Å². The van der Waals surface area contributed by atoms with Crippen molar-refractivity contribution in [2.45, 2.75) is 70.6 Å². The summed E-state index contributed by atoms with van der Waals surface area (Å²) in [7, 11) is 0. The van der Waals surface area contributed by atoms with Crippen LogP contribution in [0.4, 0.5) is 4.79 Å². The summed E-state index contributed by atoms with van der Waals surface area (Å²) in [6, 6.07) is 0.0242. The lowest BCUT2D eigenvalue weighted by molar-refractivity contribution is -0.149. The minimum Gasteiger partial charge on any atom is -0.466 e. The second kappa shape index (κ2) is 12.5. The van der Waals surface area contributed by atoms with Gasteiger partial charge in [-0.25, -0.2) is 9.78 Å². The number of nitrogens with zero attached hydrogens (tertiary/aromatic N) is 3. The van der Waals surface area contributed by atoms with Crippen LogP contribution in [0.25, 0.3) is 0 Å². The monoisotopic (exact) mass is 502 g/mol.